The molecule has 2 aromatic rings. The number of aliphatic hydroxyl groups excluding tert-OH is 2. The van der Waals surface area contributed by atoms with Gasteiger partial charge in [-0.1, -0.05) is 46.4 Å². The minimum absolute atomic E-state index is 0.143. The molecule has 2 unspecified atom stereocenters. The number of aliphatic hydroxyl groups is 2. The highest BCUT2D eigenvalue weighted by atomic mass is 35.5. The van der Waals surface area contributed by atoms with Crippen molar-refractivity contribution >= 4 is 57.8 Å². The maximum atomic E-state index is 10.5. The van der Waals surface area contributed by atoms with Crippen molar-refractivity contribution in [1.29, 1.82) is 0 Å². The molecule has 188 valence electrons. The Balaban J connectivity index is 2.23. The maximum Gasteiger partial charge on any atom is 0.123 e. The number of β-amino-alcohol motifs (C(OH)–C–C–N with tert-alkyl or cyclic N) is 2. The van der Waals surface area contributed by atoms with E-state index in [0.29, 0.717) is 24.2 Å². The van der Waals surface area contributed by atoms with E-state index in [1.54, 1.807) is 24.3 Å². The molecule has 10 heteroatoms. The van der Waals surface area contributed by atoms with E-state index in [-0.39, 0.29) is 42.5 Å². The Morgan fingerprint density at radius 2 is 0.912 bits per heavy atom. The topological polar surface area (TPSA) is 89.2 Å². The summed E-state index contributed by atoms with van der Waals surface area (Å²) in [6.07, 6.45) is -1.59. The molecule has 0 aromatic heterocycles. The summed E-state index contributed by atoms with van der Waals surface area (Å²) in [4.78, 5) is 0. The molecule has 0 heterocycles. The van der Waals surface area contributed by atoms with Crippen LogP contribution in [0, 0.1) is 0 Å². The first-order chi connectivity index (χ1) is 15.6. The molecule has 4 N–H and O–H groups in total. The van der Waals surface area contributed by atoms with E-state index in [1.165, 1.54) is 0 Å². The van der Waals surface area contributed by atoms with Gasteiger partial charge in [0.05, 0.1) is 32.3 Å². The van der Waals surface area contributed by atoms with Crippen molar-refractivity contribution in [1.82, 2.24) is 10.6 Å². The predicted molar refractivity (Wildman–Crippen MR) is 143 cm³/mol. The van der Waals surface area contributed by atoms with Gasteiger partial charge >= 0.3 is 0 Å². The standard InChI is InChI=1S/C24H32Cl4N4O2/c1-23(2,3)29-11-19(33)13-7-15(25)21(16(26)8-13)31-32-22-17(27)9-14(10-18(22)28)20(34)12-30-24(4,5)6/h7-10,19-20,29-30,33-34H,11-12H2,1-6H3. The Bertz CT molecular complexity index is 905. The SMILES string of the molecule is CC(C)(C)NCC(O)c1cc(Cl)c(N=Nc2c(Cl)cc(C(O)CNC(C)(C)C)cc2Cl)c(Cl)c1. The molecule has 2 rings (SSSR count). The lowest BCUT2D eigenvalue weighted by Crippen LogP contribution is -2.38. The van der Waals surface area contributed by atoms with Gasteiger partial charge in [0.2, 0.25) is 0 Å². The average Bonchev–Trinajstić information content (AvgIpc) is 2.69. The van der Waals surface area contributed by atoms with Gasteiger partial charge in [-0.15, -0.1) is 10.2 Å². The lowest BCUT2D eigenvalue weighted by molar-refractivity contribution is 0.163. The molecular weight excluding hydrogens is 518 g/mol. The van der Waals surface area contributed by atoms with Gasteiger partial charge < -0.3 is 20.8 Å². The third-order valence-corrected chi connectivity index (χ3v) is 5.90. The number of halogens is 4. The van der Waals surface area contributed by atoms with Gasteiger partial charge in [-0.05, 0) is 76.9 Å². The van der Waals surface area contributed by atoms with Crippen molar-refractivity contribution in [2.45, 2.75) is 64.8 Å². The summed E-state index contributed by atoms with van der Waals surface area (Å²) >= 11 is 25.5. The quantitative estimate of drug-likeness (QED) is 0.256. The van der Waals surface area contributed by atoms with Crippen LogP contribution in [0.2, 0.25) is 20.1 Å². The number of nitrogens with zero attached hydrogens (tertiary/aromatic N) is 2. The van der Waals surface area contributed by atoms with Gasteiger partial charge in [0.15, 0.2) is 0 Å². The van der Waals surface area contributed by atoms with Crippen LogP contribution in [0.5, 0.6) is 0 Å². The minimum Gasteiger partial charge on any atom is -0.387 e. The van der Waals surface area contributed by atoms with Gasteiger partial charge in [0, 0.05) is 24.2 Å². The molecule has 2 atom stereocenters. The van der Waals surface area contributed by atoms with Crippen LogP contribution in [0.15, 0.2) is 34.5 Å². The van der Waals surface area contributed by atoms with E-state index in [1.807, 2.05) is 41.5 Å². The highest BCUT2D eigenvalue weighted by molar-refractivity contribution is 6.39. The summed E-state index contributed by atoms with van der Waals surface area (Å²) in [5.74, 6) is 0. The fourth-order valence-electron chi connectivity index (χ4n) is 2.89. The highest BCUT2D eigenvalue weighted by Crippen LogP contribution is 2.40. The number of hydrogen-bond donors (Lipinski definition) is 4. The summed E-state index contributed by atoms with van der Waals surface area (Å²) in [5.41, 5.74) is 1.29. The maximum absolute atomic E-state index is 10.5. The average molecular weight is 550 g/mol. The third kappa shape index (κ3) is 8.92. The van der Waals surface area contributed by atoms with Crippen molar-refractivity contribution in [3.8, 4) is 0 Å². The zero-order valence-corrected chi connectivity index (χ0v) is 23.2. The molecule has 0 aliphatic rings. The Hall–Kier alpha value is -0.960. The Morgan fingerprint density at radius 3 is 1.15 bits per heavy atom. The Labute approximate surface area is 221 Å². The summed E-state index contributed by atoms with van der Waals surface area (Å²) in [6, 6.07) is 6.40. The van der Waals surface area contributed by atoms with Gasteiger partial charge in [-0.3, -0.25) is 0 Å². The van der Waals surface area contributed by atoms with Crippen molar-refractivity contribution in [3.63, 3.8) is 0 Å². The molecule has 0 spiro atoms. The van der Waals surface area contributed by atoms with Crippen LogP contribution in [0.25, 0.3) is 0 Å². The molecule has 34 heavy (non-hydrogen) atoms. The largest absolute Gasteiger partial charge is 0.387 e. The number of azo groups is 1. The van der Waals surface area contributed by atoms with Crippen LogP contribution in [0.1, 0.15) is 64.9 Å². The fraction of sp³-hybridized carbons (Fsp3) is 0.500. The van der Waals surface area contributed by atoms with E-state index in [0.717, 1.165) is 0 Å². The molecule has 2 aromatic carbocycles. The molecule has 6 nitrogen and oxygen atoms in total. The van der Waals surface area contributed by atoms with Crippen LogP contribution < -0.4 is 10.6 Å². The lowest BCUT2D eigenvalue weighted by Gasteiger charge is -2.23. The molecule has 0 amide bonds. The van der Waals surface area contributed by atoms with Crippen LogP contribution in [0.4, 0.5) is 11.4 Å². The second-order valence-electron chi connectivity index (χ2n) is 10.2. The molecule has 0 saturated carbocycles. The first-order valence-corrected chi connectivity index (χ1v) is 12.3. The summed E-state index contributed by atoms with van der Waals surface area (Å²) in [7, 11) is 0. The normalized spacial score (nSPS) is 14.6. The molecule has 0 aliphatic carbocycles. The smallest absolute Gasteiger partial charge is 0.123 e. The zero-order valence-electron chi connectivity index (χ0n) is 20.2. The van der Waals surface area contributed by atoms with E-state index in [9.17, 15) is 10.2 Å². The lowest BCUT2D eigenvalue weighted by atomic mass is 10.1. The molecule has 0 fully saturated rings. The second-order valence-corrected chi connectivity index (χ2v) is 11.8. The van der Waals surface area contributed by atoms with Crippen molar-refractivity contribution in [2.24, 2.45) is 10.2 Å². The first-order valence-electron chi connectivity index (χ1n) is 10.8. The van der Waals surface area contributed by atoms with Gasteiger partial charge in [0.25, 0.3) is 0 Å². The fourth-order valence-corrected chi connectivity index (χ4v) is 4.05. The molecule has 0 radical (unpaired) electrons. The number of rotatable bonds is 8. The number of benzene rings is 2. The van der Waals surface area contributed by atoms with Gasteiger partial charge in [-0.25, -0.2) is 0 Å². The number of hydrogen-bond acceptors (Lipinski definition) is 6. The monoisotopic (exact) mass is 548 g/mol. The van der Waals surface area contributed by atoms with Crippen LogP contribution in [0.3, 0.4) is 0 Å². The summed E-state index contributed by atoms with van der Waals surface area (Å²) < 4.78 is 0. The summed E-state index contributed by atoms with van der Waals surface area (Å²) in [6.45, 7) is 12.7. The molecule has 0 bridgehead atoms. The van der Waals surface area contributed by atoms with Crippen molar-refractivity contribution in [2.75, 3.05) is 13.1 Å². The van der Waals surface area contributed by atoms with E-state index in [4.69, 9.17) is 46.4 Å². The third-order valence-electron chi connectivity index (χ3n) is 4.75. The van der Waals surface area contributed by atoms with Crippen LogP contribution >= 0.6 is 46.4 Å². The Kier molecular flexibility index (Phi) is 10.2. The van der Waals surface area contributed by atoms with Gasteiger partial charge in [-0.2, -0.15) is 0 Å². The van der Waals surface area contributed by atoms with Crippen LogP contribution in [-0.4, -0.2) is 34.4 Å². The predicted octanol–water partition coefficient (Wildman–Crippen LogP) is 7.56. The van der Waals surface area contributed by atoms with E-state index >= 15 is 0 Å². The zero-order chi connectivity index (χ0) is 25.8. The van der Waals surface area contributed by atoms with Gasteiger partial charge in [0.1, 0.15) is 11.4 Å². The van der Waals surface area contributed by atoms with Crippen molar-refractivity contribution in [3.05, 3.63) is 55.5 Å². The van der Waals surface area contributed by atoms with E-state index in [2.05, 4.69) is 20.9 Å². The Morgan fingerprint density at radius 1 is 0.647 bits per heavy atom. The summed E-state index contributed by atoms with van der Waals surface area (Å²) in [5, 5.41) is 36.6. The number of nitrogens with one attached hydrogen (secondary N) is 2. The first kappa shape index (κ1) is 29.3. The van der Waals surface area contributed by atoms with Crippen molar-refractivity contribution < 1.29 is 10.2 Å². The second kappa shape index (κ2) is 11.8. The molecule has 0 aliphatic heterocycles. The molecule has 0 saturated heterocycles. The molecular formula is C24H32Cl4N4O2. The minimum atomic E-state index is -0.796. The van der Waals surface area contributed by atoms with Crippen LogP contribution in [-0.2, 0) is 0 Å². The van der Waals surface area contributed by atoms with E-state index < -0.39 is 12.2 Å². The highest BCUT2D eigenvalue weighted by Gasteiger charge is 2.19.